The van der Waals surface area contributed by atoms with Gasteiger partial charge in [-0.15, -0.1) is 0 Å². The molecule has 1 saturated heterocycles. The van der Waals surface area contributed by atoms with Crippen LogP contribution in [0.5, 0.6) is 0 Å². The van der Waals surface area contributed by atoms with Crippen LogP contribution in [0, 0.1) is 0 Å². The van der Waals surface area contributed by atoms with Gasteiger partial charge in [0.25, 0.3) is 0 Å². The molecule has 0 saturated carbocycles. The van der Waals surface area contributed by atoms with Gasteiger partial charge in [0.1, 0.15) is 25.3 Å². The fourth-order valence-corrected chi connectivity index (χ4v) is 4.56. The van der Waals surface area contributed by atoms with Crippen LogP contribution in [-0.2, 0) is 51.2 Å². The molecule has 1 fully saturated rings. The molecule has 0 aliphatic carbocycles. The average molecular weight is 673 g/mol. The zero-order chi connectivity index (χ0) is 34.4. The van der Waals surface area contributed by atoms with Gasteiger partial charge in [0, 0.05) is 26.2 Å². The average Bonchev–Trinajstić information content (AvgIpc) is 3.10. The molecule has 14 nitrogen and oxygen atoms in total. The van der Waals surface area contributed by atoms with E-state index in [1.165, 1.54) is 0 Å². The highest BCUT2D eigenvalue weighted by Gasteiger charge is 2.24. The number of rotatable bonds is 8. The molecule has 0 aromatic heterocycles. The van der Waals surface area contributed by atoms with Crippen molar-refractivity contribution >= 4 is 24.0 Å². The minimum Gasteiger partial charge on any atom is -0.445 e. The number of carbonyl (C=O) groups is 4. The quantitative estimate of drug-likeness (QED) is 0.427. The van der Waals surface area contributed by atoms with E-state index in [1.807, 2.05) is 60.7 Å². The predicted molar refractivity (Wildman–Crippen MR) is 175 cm³/mol. The van der Waals surface area contributed by atoms with Crippen LogP contribution in [0.25, 0.3) is 0 Å². The second-order valence-electron chi connectivity index (χ2n) is 11.0. The van der Waals surface area contributed by atoms with Crippen molar-refractivity contribution in [2.45, 2.75) is 39.1 Å². The fourth-order valence-electron chi connectivity index (χ4n) is 4.56. The SMILES string of the molecule is C[C@@H](NC(=O)OCc1ccccc1)C(=O)N1CCOCCOCCN(C(=O)[C@@H](C)NC(=O)OCc2ccccc2)CCOCCOCC1. The Morgan fingerprint density at radius 1 is 0.562 bits per heavy atom. The maximum Gasteiger partial charge on any atom is 0.408 e. The lowest BCUT2D eigenvalue weighted by Gasteiger charge is -2.27. The van der Waals surface area contributed by atoms with Gasteiger partial charge in [0.05, 0.1) is 52.9 Å². The number of nitrogens with zero attached hydrogens (tertiary/aromatic N) is 2. The fraction of sp³-hybridized carbons (Fsp3) is 0.529. The van der Waals surface area contributed by atoms with Gasteiger partial charge in [-0.2, -0.15) is 0 Å². The first-order valence-corrected chi connectivity index (χ1v) is 16.2. The highest BCUT2D eigenvalue weighted by atomic mass is 16.6. The number of hydrogen-bond acceptors (Lipinski definition) is 10. The third-order valence-corrected chi connectivity index (χ3v) is 7.22. The third kappa shape index (κ3) is 15.1. The summed E-state index contributed by atoms with van der Waals surface area (Å²) in [4.78, 5) is 54.0. The number of ether oxygens (including phenoxy) is 6. The normalized spacial score (nSPS) is 17.1. The molecular weight excluding hydrogens is 624 g/mol. The standard InChI is InChI=1S/C34H48N4O10/c1-27(35-33(41)47-25-29-9-5-3-6-10-29)31(39)37-13-17-43-21-23-45-19-15-38(16-20-46-24-22-44-18-14-37)32(40)28(2)36-34(42)48-26-30-11-7-4-8-12-30/h3-12,27-28H,13-26H2,1-2H3,(H,35,41)(H,36,42)/t27-,28-/m1/s1. The summed E-state index contributed by atoms with van der Waals surface area (Å²) in [5.74, 6) is -0.586. The lowest BCUT2D eigenvalue weighted by atomic mass is 10.2. The first-order chi connectivity index (χ1) is 23.3. The summed E-state index contributed by atoms with van der Waals surface area (Å²) in [5, 5.41) is 5.18. The molecular formula is C34H48N4O10. The van der Waals surface area contributed by atoms with Gasteiger partial charge in [-0.1, -0.05) is 60.7 Å². The van der Waals surface area contributed by atoms with E-state index in [9.17, 15) is 19.2 Å². The lowest BCUT2D eigenvalue weighted by Crippen LogP contribution is -2.49. The van der Waals surface area contributed by atoms with Crippen molar-refractivity contribution < 1.29 is 47.6 Å². The monoisotopic (exact) mass is 672 g/mol. The summed E-state index contributed by atoms with van der Waals surface area (Å²) in [5.41, 5.74) is 1.68. The summed E-state index contributed by atoms with van der Waals surface area (Å²) in [6.45, 7) is 6.63. The van der Waals surface area contributed by atoms with Crippen molar-refractivity contribution in [1.82, 2.24) is 20.4 Å². The molecule has 0 spiro atoms. The van der Waals surface area contributed by atoms with Gasteiger partial charge in [0.15, 0.2) is 0 Å². The van der Waals surface area contributed by atoms with Crippen molar-refractivity contribution in [3.8, 4) is 0 Å². The van der Waals surface area contributed by atoms with E-state index in [0.29, 0.717) is 0 Å². The molecule has 2 atom stereocenters. The largest absolute Gasteiger partial charge is 0.445 e. The van der Waals surface area contributed by atoms with E-state index in [4.69, 9.17) is 28.4 Å². The summed E-state index contributed by atoms with van der Waals surface area (Å²) in [6.07, 6.45) is -1.37. The topological polar surface area (TPSA) is 154 Å². The molecule has 2 aromatic carbocycles. The van der Waals surface area contributed by atoms with Gasteiger partial charge in [-0.25, -0.2) is 9.59 Å². The number of carbonyl (C=O) groups excluding carboxylic acids is 4. The molecule has 48 heavy (non-hydrogen) atoms. The zero-order valence-electron chi connectivity index (χ0n) is 27.8. The number of alkyl carbamates (subject to hydrolysis) is 2. The van der Waals surface area contributed by atoms with E-state index >= 15 is 0 Å². The highest BCUT2D eigenvalue weighted by molar-refractivity contribution is 5.86. The van der Waals surface area contributed by atoms with E-state index in [1.54, 1.807) is 23.6 Å². The predicted octanol–water partition coefficient (Wildman–Crippen LogP) is 2.35. The molecule has 1 heterocycles. The molecule has 0 unspecified atom stereocenters. The van der Waals surface area contributed by atoms with Crippen LogP contribution in [0.2, 0.25) is 0 Å². The first kappa shape index (κ1) is 38.2. The third-order valence-electron chi connectivity index (χ3n) is 7.22. The minimum absolute atomic E-state index is 0.0970. The van der Waals surface area contributed by atoms with Crippen molar-refractivity contribution in [1.29, 1.82) is 0 Å². The summed E-state index contributed by atoms with van der Waals surface area (Å²) < 4.78 is 33.2. The Morgan fingerprint density at radius 2 is 0.875 bits per heavy atom. The van der Waals surface area contributed by atoms with Crippen LogP contribution in [0.15, 0.2) is 60.7 Å². The molecule has 0 bridgehead atoms. The van der Waals surface area contributed by atoms with E-state index in [2.05, 4.69) is 10.6 Å². The Bertz CT molecular complexity index is 1120. The Balaban J connectivity index is 1.41. The van der Waals surface area contributed by atoms with Crippen LogP contribution in [0.1, 0.15) is 25.0 Å². The summed E-state index contributed by atoms with van der Waals surface area (Å²) >= 11 is 0. The summed E-state index contributed by atoms with van der Waals surface area (Å²) in [7, 11) is 0. The molecule has 1 aliphatic heterocycles. The molecule has 0 radical (unpaired) electrons. The lowest BCUT2D eigenvalue weighted by molar-refractivity contribution is -0.136. The number of hydrogen-bond donors (Lipinski definition) is 2. The van der Waals surface area contributed by atoms with E-state index < -0.39 is 24.3 Å². The Morgan fingerprint density at radius 3 is 1.19 bits per heavy atom. The highest BCUT2D eigenvalue weighted by Crippen LogP contribution is 2.04. The Labute approximate surface area is 281 Å². The zero-order valence-corrected chi connectivity index (χ0v) is 27.8. The minimum atomic E-state index is -0.818. The van der Waals surface area contributed by atoms with E-state index in [0.717, 1.165) is 11.1 Å². The molecule has 4 amide bonds. The van der Waals surface area contributed by atoms with Crippen LogP contribution in [-0.4, -0.2) is 125 Å². The smallest absolute Gasteiger partial charge is 0.408 e. The number of amides is 4. The molecule has 2 N–H and O–H groups in total. The second-order valence-corrected chi connectivity index (χ2v) is 11.0. The maximum absolute atomic E-state index is 13.1. The van der Waals surface area contributed by atoms with Crippen molar-refractivity contribution in [2.24, 2.45) is 0 Å². The number of nitrogens with one attached hydrogen (secondary N) is 2. The molecule has 1 aliphatic rings. The Hall–Kier alpha value is -4.24. The van der Waals surface area contributed by atoms with Crippen LogP contribution in [0.3, 0.4) is 0 Å². The van der Waals surface area contributed by atoms with Gasteiger partial charge in [-0.3, -0.25) is 9.59 Å². The van der Waals surface area contributed by atoms with Crippen LogP contribution in [0.4, 0.5) is 9.59 Å². The first-order valence-electron chi connectivity index (χ1n) is 16.2. The molecule has 264 valence electrons. The molecule has 14 heteroatoms. The Kier molecular flexibility index (Phi) is 17.8. The van der Waals surface area contributed by atoms with Crippen LogP contribution >= 0.6 is 0 Å². The molecule has 3 rings (SSSR count). The van der Waals surface area contributed by atoms with Crippen molar-refractivity contribution in [3.63, 3.8) is 0 Å². The van der Waals surface area contributed by atoms with Gasteiger partial charge < -0.3 is 48.9 Å². The van der Waals surface area contributed by atoms with E-state index in [-0.39, 0.29) is 104 Å². The number of benzene rings is 2. The van der Waals surface area contributed by atoms with Crippen LogP contribution < -0.4 is 10.6 Å². The molecule has 2 aromatic rings. The van der Waals surface area contributed by atoms with Gasteiger partial charge in [0.2, 0.25) is 11.8 Å². The maximum atomic E-state index is 13.1. The van der Waals surface area contributed by atoms with Gasteiger partial charge in [-0.05, 0) is 25.0 Å². The summed E-state index contributed by atoms with van der Waals surface area (Å²) in [6, 6.07) is 16.9. The van der Waals surface area contributed by atoms with Crippen molar-refractivity contribution in [3.05, 3.63) is 71.8 Å². The van der Waals surface area contributed by atoms with Crippen molar-refractivity contribution in [2.75, 3.05) is 79.0 Å². The second kappa shape index (κ2) is 22.4. The van der Waals surface area contributed by atoms with Gasteiger partial charge >= 0.3 is 12.2 Å².